The molecule has 1 fully saturated rings. The molecular weight excluding hydrogens is 252 g/mol. The highest BCUT2D eigenvalue weighted by Crippen LogP contribution is 2.07. The van der Waals surface area contributed by atoms with E-state index < -0.39 is 0 Å². The fourth-order valence-corrected chi connectivity index (χ4v) is 1.74. The standard InChI is InChI=1S/C11H16N4O2S/c1-7-4-9(10(12)18)15-11(14-7)13-5-8-6-16-2-3-17-8/h4,8H,2-3,5-6H2,1H3,(H2,12,18)(H,13,14,15). The fourth-order valence-electron chi connectivity index (χ4n) is 1.63. The molecule has 1 unspecified atom stereocenters. The van der Waals surface area contributed by atoms with Crippen molar-refractivity contribution in [3.05, 3.63) is 17.5 Å². The van der Waals surface area contributed by atoms with Crippen LogP contribution < -0.4 is 11.1 Å². The minimum absolute atomic E-state index is 0.0242. The van der Waals surface area contributed by atoms with Crippen molar-refractivity contribution in [2.24, 2.45) is 5.73 Å². The van der Waals surface area contributed by atoms with Gasteiger partial charge in [0, 0.05) is 12.2 Å². The minimum atomic E-state index is 0.0242. The number of hydrogen-bond donors (Lipinski definition) is 2. The second kappa shape index (κ2) is 6.03. The van der Waals surface area contributed by atoms with E-state index in [0.717, 1.165) is 5.69 Å². The Morgan fingerprint density at radius 2 is 2.39 bits per heavy atom. The molecule has 2 heterocycles. The maximum absolute atomic E-state index is 5.56. The largest absolute Gasteiger partial charge is 0.388 e. The summed E-state index contributed by atoms with van der Waals surface area (Å²) in [5.74, 6) is 0.506. The van der Waals surface area contributed by atoms with Crippen LogP contribution in [-0.2, 0) is 9.47 Å². The summed E-state index contributed by atoms with van der Waals surface area (Å²) in [5.41, 5.74) is 6.95. The van der Waals surface area contributed by atoms with Gasteiger partial charge in [-0.3, -0.25) is 0 Å². The van der Waals surface area contributed by atoms with Crippen LogP contribution in [0.25, 0.3) is 0 Å². The quantitative estimate of drug-likeness (QED) is 0.757. The lowest BCUT2D eigenvalue weighted by molar-refractivity contribution is -0.0819. The van der Waals surface area contributed by atoms with Gasteiger partial charge in [0.05, 0.1) is 25.9 Å². The number of thiocarbonyl (C=S) groups is 1. The lowest BCUT2D eigenvalue weighted by atomic mass is 10.3. The van der Waals surface area contributed by atoms with Crippen LogP contribution in [0.2, 0.25) is 0 Å². The van der Waals surface area contributed by atoms with Crippen molar-refractivity contribution in [1.29, 1.82) is 0 Å². The SMILES string of the molecule is Cc1cc(C(N)=S)nc(NCC2COCCO2)n1. The fraction of sp³-hybridized carbons (Fsp3) is 0.545. The molecule has 3 N–H and O–H groups in total. The lowest BCUT2D eigenvalue weighted by Gasteiger charge is -2.23. The molecule has 0 bridgehead atoms. The Labute approximate surface area is 111 Å². The van der Waals surface area contributed by atoms with Crippen LogP contribution in [0.4, 0.5) is 5.95 Å². The van der Waals surface area contributed by atoms with Crippen LogP contribution in [0.3, 0.4) is 0 Å². The second-order valence-electron chi connectivity index (χ2n) is 4.03. The highest BCUT2D eigenvalue weighted by atomic mass is 32.1. The monoisotopic (exact) mass is 268 g/mol. The van der Waals surface area contributed by atoms with Gasteiger partial charge in [-0.1, -0.05) is 12.2 Å². The third kappa shape index (κ3) is 3.59. The Balaban J connectivity index is 1.97. The Morgan fingerprint density at radius 1 is 1.56 bits per heavy atom. The van der Waals surface area contributed by atoms with Gasteiger partial charge in [-0.05, 0) is 13.0 Å². The maximum atomic E-state index is 5.56. The van der Waals surface area contributed by atoms with E-state index >= 15 is 0 Å². The van der Waals surface area contributed by atoms with Gasteiger partial charge in [-0.25, -0.2) is 9.97 Å². The molecule has 0 aromatic carbocycles. The van der Waals surface area contributed by atoms with E-state index in [2.05, 4.69) is 15.3 Å². The van der Waals surface area contributed by atoms with Gasteiger partial charge in [0.1, 0.15) is 10.7 Å². The summed E-state index contributed by atoms with van der Waals surface area (Å²) in [6.45, 7) is 4.33. The zero-order valence-electron chi connectivity index (χ0n) is 10.2. The molecule has 1 aliphatic rings. The van der Waals surface area contributed by atoms with Crippen molar-refractivity contribution >= 4 is 23.2 Å². The molecule has 0 radical (unpaired) electrons. The molecule has 1 aromatic heterocycles. The van der Waals surface area contributed by atoms with Gasteiger partial charge >= 0.3 is 0 Å². The van der Waals surface area contributed by atoms with Crippen molar-refractivity contribution in [2.45, 2.75) is 13.0 Å². The van der Waals surface area contributed by atoms with Crippen molar-refractivity contribution in [2.75, 3.05) is 31.7 Å². The predicted octanol–water partition coefficient (Wildman–Crippen LogP) is 0.247. The molecule has 7 heteroatoms. The maximum Gasteiger partial charge on any atom is 0.223 e. The molecule has 1 aliphatic heterocycles. The number of hydrogen-bond acceptors (Lipinski definition) is 6. The van der Waals surface area contributed by atoms with E-state index in [1.165, 1.54) is 0 Å². The lowest BCUT2D eigenvalue weighted by Crippen LogP contribution is -2.34. The topological polar surface area (TPSA) is 82.3 Å². The number of nitrogens with two attached hydrogens (primary N) is 1. The number of aryl methyl sites for hydroxylation is 1. The van der Waals surface area contributed by atoms with Crippen LogP contribution in [0, 0.1) is 6.92 Å². The number of ether oxygens (including phenoxy) is 2. The molecule has 18 heavy (non-hydrogen) atoms. The van der Waals surface area contributed by atoms with E-state index in [4.69, 9.17) is 27.4 Å². The summed E-state index contributed by atoms with van der Waals surface area (Å²) in [6, 6.07) is 1.76. The van der Waals surface area contributed by atoms with Crippen molar-refractivity contribution in [3.63, 3.8) is 0 Å². The number of anilines is 1. The average molecular weight is 268 g/mol. The smallest absolute Gasteiger partial charge is 0.223 e. The Bertz CT molecular complexity index is 435. The highest BCUT2D eigenvalue weighted by Gasteiger charge is 2.14. The third-order valence-corrected chi connectivity index (χ3v) is 2.69. The second-order valence-corrected chi connectivity index (χ2v) is 4.47. The molecule has 98 valence electrons. The summed E-state index contributed by atoms with van der Waals surface area (Å²) in [7, 11) is 0. The summed E-state index contributed by atoms with van der Waals surface area (Å²) < 4.78 is 10.8. The average Bonchev–Trinajstić information content (AvgIpc) is 2.37. The molecular formula is C11H16N4O2S. The van der Waals surface area contributed by atoms with Crippen LogP contribution in [0.1, 0.15) is 11.4 Å². The van der Waals surface area contributed by atoms with Crippen molar-refractivity contribution < 1.29 is 9.47 Å². The van der Waals surface area contributed by atoms with Crippen molar-refractivity contribution in [3.8, 4) is 0 Å². The summed E-state index contributed by atoms with van der Waals surface area (Å²) in [6.07, 6.45) is 0.0242. The van der Waals surface area contributed by atoms with Crippen molar-refractivity contribution in [1.82, 2.24) is 9.97 Å². The van der Waals surface area contributed by atoms with Gasteiger partial charge in [0.2, 0.25) is 5.95 Å². The Morgan fingerprint density at radius 3 is 3.06 bits per heavy atom. The van der Waals surface area contributed by atoms with Crippen LogP contribution in [-0.4, -0.2) is 47.4 Å². The first kappa shape index (κ1) is 13.1. The molecule has 1 atom stereocenters. The van der Waals surface area contributed by atoms with E-state index in [1.54, 1.807) is 6.07 Å². The first-order valence-electron chi connectivity index (χ1n) is 5.74. The van der Waals surface area contributed by atoms with Gasteiger partial charge in [-0.15, -0.1) is 0 Å². The van der Waals surface area contributed by atoms with E-state index in [9.17, 15) is 0 Å². The summed E-state index contributed by atoms with van der Waals surface area (Å²) in [4.78, 5) is 8.76. The first-order chi connectivity index (χ1) is 8.65. The number of aromatic nitrogens is 2. The Kier molecular flexibility index (Phi) is 4.40. The number of nitrogens with one attached hydrogen (secondary N) is 1. The number of rotatable bonds is 4. The van der Waals surface area contributed by atoms with Crippen LogP contribution in [0.15, 0.2) is 6.07 Å². The molecule has 0 aliphatic carbocycles. The van der Waals surface area contributed by atoms with Gasteiger partial charge in [0.15, 0.2) is 0 Å². The predicted molar refractivity (Wildman–Crippen MR) is 71.7 cm³/mol. The summed E-state index contributed by atoms with van der Waals surface area (Å²) in [5, 5.41) is 3.11. The molecule has 6 nitrogen and oxygen atoms in total. The minimum Gasteiger partial charge on any atom is -0.388 e. The molecule has 2 rings (SSSR count). The van der Waals surface area contributed by atoms with E-state index in [1.807, 2.05) is 6.92 Å². The Hall–Kier alpha value is -1.31. The number of nitrogens with zero attached hydrogens (tertiary/aromatic N) is 2. The van der Waals surface area contributed by atoms with E-state index in [0.29, 0.717) is 38.0 Å². The van der Waals surface area contributed by atoms with Gasteiger partial charge in [0.25, 0.3) is 0 Å². The molecule has 1 saturated heterocycles. The van der Waals surface area contributed by atoms with Crippen LogP contribution in [0.5, 0.6) is 0 Å². The zero-order valence-corrected chi connectivity index (χ0v) is 11.0. The summed E-state index contributed by atoms with van der Waals surface area (Å²) >= 11 is 4.91. The van der Waals surface area contributed by atoms with Gasteiger partial charge in [-0.2, -0.15) is 0 Å². The zero-order chi connectivity index (χ0) is 13.0. The van der Waals surface area contributed by atoms with Gasteiger partial charge < -0.3 is 20.5 Å². The normalized spacial score (nSPS) is 19.5. The van der Waals surface area contributed by atoms with Crippen LogP contribution >= 0.6 is 12.2 Å². The molecule has 0 spiro atoms. The molecule has 0 saturated carbocycles. The molecule has 1 aromatic rings. The first-order valence-corrected chi connectivity index (χ1v) is 6.14. The van der Waals surface area contributed by atoms with E-state index in [-0.39, 0.29) is 11.1 Å². The highest BCUT2D eigenvalue weighted by molar-refractivity contribution is 7.80. The third-order valence-electron chi connectivity index (χ3n) is 2.48. The molecule has 0 amide bonds.